The highest BCUT2D eigenvalue weighted by Crippen LogP contribution is 2.30. The lowest BCUT2D eigenvalue weighted by Gasteiger charge is -2.33. The van der Waals surface area contributed by atoms with E-state index in [0.29, 0.717) is 12.0 Å². The summed E-state index contributed by atoms with van der Waals surface area (Å²) in [4.78, 5) is 33.0. The minimum atomic E-state index is 0.0274. The Labute approximate surface area is 145 Å². The average molecular weight is 331 g/mol. The Hall–Kier alpha value is -1.91. The van der Waals surface area contributed by atoms with Gasteiger partial charge in [0.25, 0.3) is 5.91 Å². The molecule has 1 saturated heterocycles. The van der Waals surface area contributed by atoms with Gasteiger partial charge in [0, 0.05) is 44.2 Å². The largest absolute Gasteiger partial charge is 0.343 e. The lowest BCUT2D eigenvalue weighted by atomic mass is 9.89. The van der Waals surface area contributed by atoms with E-state index in [1.165, 1.54) is 0 Å². The minimum absolute atomic E-state index is 0.0274. The Morgan fingerprint density at radius 3 is 2.46 bits per heavy atom. The summed E-state index contributed by atoms with van der Waals surface area (Å²) >= 11 is 0. The molecule has 5 nitrogen and oxygen atoms in total. The first kappa shape index (κ1) is 18.4. The van der Waals surface area contributed by atoms with Crippen LogP contribution in [0.15, 0.2) is 12.1 Å². The first-order valence-corrected chi connectivity index (χ1v) is 8.87. The quantitative estimate of drug-likeness (QED) is 0.852. The van der Waals surface area contributed by atoms with E-state index in [1.807, 2.05) is 51.8 Å². The number of aryl methyl sites for hydroxylation is 1. The molecule has 0 aromatic carbocycles. The van der Waals surface area contributed by atoms with Gasteiger partial charge in [-0.05, 0) is 45.7 Å². The summed E-state index contributed by atoms with van der Waals surface area (Å²) in [5, 5.41) is 0. The second-order valence-corrected chi connectivity index (χ2v) is 6.90. The van der Waals surface area contributed by atoms with Gasteiger partial charge in [-0.15, -0.1) is 0 Å². The van der Waals surface area contributed by atoms with Crippen molar-refractivity contribution in [2.24, 2.45) is 0 Å². The smallest absolute Gasteiger partial charge is 0.255 e. The minimum Gasteiger partial charge on any atom is -0.343 e. The molecule has 0 N–H and O–H groups in total. The zero-order chi connectivity index (χ0) is 17.9. The molecule has 1 aromatic heterocycles. The molecule has 2 amide bonds. The molecule has 0 aliphatic carbocycles. The summed E-state index contributed by atoms with van der Waals surface area (Å²) in [7, 11) is 1.83. The highest BCUT2D eigenvalue weighted by molar-refractivity contribution is 5.95. The lowest BCUT2D eigenvalue weighted by Crippen LogP contribution is -2.38. The average Bonchev–Trinajstić information content (AvgIpc) is 2.59. The Balaban J connectivity index is 2.23. The van der Waals surface area contributed by atoms with E-state index in [2.05, 4.69) is 0 Å². The molecular weight excluding hydrogens is 302 g/mol. The van der Waals surface area contributed by atoms with Gasteiger partial charge >= 0.3 is 0 Å². The molecule has 0 saturated carbocycles. The summed E-state index contributed by atoms with van der Waals surface area (Å²) in [6.45, 7) is 9.37. The van der Waals surface area contributed by atoms with Crippen molar-refractivity contribution >= 4 is 11.8 Å². The van der Waals surface area contributed by atoms with Crippen LogP contribution in [0.4, 0.5) is 0 Å². The van der Waals surface area contributed by atoms with Crippen LogP contribution in [0.2, 0.25) is 0 Å². The van der Waals surface area contributed by atoms with E-state index >= 15 is 0 Å². The van der Waals surface area contributed by atoms with Crippen molar-refractivity contribution in [2.75, 3.05) is 20.1 Å². The van der Waals surface area contributed by atoms with Gasteiger partial charge < -0.3 is 9.80 Å². The van der Waals surface area contributed by atoms with Crippen molar-refractivity contribution in [3.05, 3.63) is 29.1 Å². The number of piperidine rings is 1. The molecule has 132 valence electrons. The molecule has 1 aliphatic heterocycles. The Morgan fingerprint density at radius 2 is 1.92 bits per heavy atom. The number of aromatic nitrogens is 1. The molecule has 1 aliphatic rings. The fourth-order valence-electron chi connectivity index (χ4n) is 3.12. The van der Waals surface area contributed by atoms with Crippen LogP contribution in [0.3, 0.4) is 0 Å². The molecule has 0 atom stereocenters. The maximum Gasteiger partial charge on any atom is 0.255 e. The van der Waals surface area contributed by atoms with Gasteiger partial charge in [0.1, 0.15) is 0 Å². The Kier molecular flexibility index (Phi) is 5.97. The first-order valence-electron chi connectivity index (χ1n) is 8.87. The van der Waals surface area contributed by atoms with Gasteiger partial charge in [-0.25, -0.2) is 0 Å². The number of hydrogen-bond donors (Lipinski definition) is 0. The predicted molar refractivity (Wildman–Crippen MR) is 95.0 cm³/mol. The maximum absolute atomic E-state index is 12.8. The standard InChI is InChI=1S/C19H29N3O2/c1-6-17(23)22-11-9-15(10-12-22)18-16(8-7-14(4)20-18)19(24)21(5)13(2)3/h7-8,13,15H,6,9-12H2,1-5H3. The molecule has 0 bridgehead atoms. The second kappa shape index (κ2) is 7.77. The van der Waals surface area contributed by atoms with E-state index in [1.54, 1.807) is 4.90 Å². The predicted octanol–water partition coefficient (Wildman–Crippen LogP) is 2.99. The molecule has 0 radical (unpaired) electrons. The van der Waals surface area contributed by atoms with Crippen molar-refractivity contribution in [1.29, 1.82) is 0 Å². The number of nitrogens with zero attached hydrogens (tertiary/aromatic N) is 3. The molecule has 0 unspecified atom stereocenters. The van der Waals surface area contributed by atoms with Crippen LogP contribution in [-0.4, -0.2) is 52.8 Å². The normalized spacial score (nSPS) is 15.7. The third-order valence-corrected chi connectivity index (χ3v) is 4.93. The van der Waals surface area contributed by atoms with Crippen LogP contribution in [0, 0.1) is 6.92 Å². The molecule has 5 heteroatoms. The highest BCUT2D eigenvalue weighted by Gasteiger charge is 2.28. The number of likely N-dealkylation sites (tertiary alicyclic amines) is 1. The maximum atomic E-state index is 12.8. The van der Waals surface area contributed by atoms with Crippen LogP contribution < -0.4 is 0 Å². The van der Waals surface area contributed by atoms with Gasteiger partial charge in [-0.2, -0.15) is 0 Å². The van der Waals surface area contributed by atoms with Crippen LogP contribution >= 0.6 is 0 Å². The van der Waals surface area contributed by atoms with Crippen LogP contribution in [0.1, 0.15) is 67.7 Å². The van der Waals surface area contributed by atoms with Crippen molar-refractivity contribution in [3.63, 3.8) is 0 Å². The number of rotatable bonds is 4. The molecule has 0 spiro atoms. The van der Waals surface area contributed by atoms with E-state index in [9.17, 15) is 9.59 Å². The zero-order valence-electron chi connectivity index (χ0n) is 15.5. The fraction of sp³-hybridized carbons (Fsp3) is 0.632. The van der Waals surface area contributed by atoms with Gasteiger partial charge in [0.15, 0.2) is 0 Å². The number of carbonyl (C=O) groups is 2. The zero-order valence-corrected chi connectivity index (χ0v) is 15.5. The summed E-state index contributed by atoms with van der Waals surface area (Å²) in [5.74, 6) is 0.478. The summed E-state index contributed by atoms with van der Waals surface area (Å²) in [5.41, 5.74) is 2.54. The molecule has 2 rings (SSSR count). The van der Waals surface area contributed by atoms with Gasteiger partial charge in [0.05, 0.1) is 11.3 Å². The highest BCUT2D eigenvalue weighted by atomic mass is 16.2. The third-order valence-electron chi connectivity index (χ3n) is 4.93. The number of pyridine rings is 1. The van der Waals surface area contributed by atoms with E-state index < -0.39 is 0 Å². The first-order chi connectivity index (χ1) is 11.3. The SMILES string of the molecule is CCC(=O)N1CCC(c2nc(C)ccc2C(=O)N(C)C(C)C)CC1. The lowest BCUT2D eigenvalue weighted by molar-refractivity contribution is -0.131. The summed E-state index contributed by atoms with van der Waals surface area (Å²) in [6, 6.07) is 3.96. The third kappa shape index (κ3) is 3.94. The molecular formula is C19H29N3O2. The Morgan fingerprint density at radius 1 is 1.29 bits per heavy atom. The topological polar surface area (TPSA) is 53.5 Å². The van der Waals surface area contributed by atoms with Gasteiger partial charge in [-0.3, -0.25) is 14.6 Å². The van der Waals surface area contributed by atoms with Gasteiger partial charge in [-0.1, -0.05) is 6.92 Å². The summed E-state index contributed by atoms with van der Waals surface area (Å²) < 4.78 is 0. The monoisotopic (exact) mass is 331 g/mol. The Bertz CT molecular complexity index is 605. The summed E-state index contributed by atoms with van der Waals surface area (Å²) in [6.07, 6.45) is 2.29. The molecule has 1 aromatic rings. The molecule has 24 heavy (non-hydrogen) atoms. The number of amides is 2. The van der Waals surface area contributed by atoms with Crippen LogP contribution in [0.25, 0.3) is 0 Å². The van der Waals surface area contributed by atoms with E-state index in [0.717, 1.165) is 37.3 Å². The van der Waals surface area contributed by atoms with Gasteiger partial charge in [0.2, 0.25) is 5.91 Å². The molecule has 1 fully saturated rings. The van der Waals surface area contributed by atoms with Crippen molar-refractivity contribution in [1.82, 2.24) is 14.8 Å². The molecule has 2 heterocycles. The van der Waals surface area contributed by atoms with Crippen molar-refractivity contribution < 1.29 is 9.59 Å². The van der Waals surface area contributed by atoms with Crippen molar-refractivity contribution in [3.8, 4) is 0 Å². The second-order valence-electron chi connectivity index (χ2n) is 6.90. The fourth-order valence-corrected chi connectivity index (χ4v) is 3.12. The van der Waals surface area contributed by atoms with Crippen LogP contribution in [0.5, 0.6) is 0 Å². The number of carbonyl (C=O) groups excluding carboxylic acids is 2. The number of hydrogen-bond acceptors (Lipinski definition) is 3. The van der Waals surface area contributed by atoms with Crippen LogP contribution in [-0.2, 0) is 4.79 Å². The van der Waals surface area contributed by atoms with E-state index in [-0.39, 0.29) is 23.8 Å². The van der Waals surface area contributed by atoms with E-state index in [4.69, 9.17) is 4.98 Å². The van der Waals surface area contributed by atoms with Crippen molar-refractivity contribution in [2.45, 2.75) is 58.9 Å².